The zero-order valence-corrected chi connectivity index (χ0v) is 10.1. The van der Waals surface area contributed by atoms with Crippen LogP contribution in [-0.4, -0.2) is 23.2 Å². The smallest absolute Gasteiger partial charge is 0.128 e. The monoisotopic (exact) mass is 220 g/mol. The van der Waals surface area contributed by atoms with E-state index in [-0.39, 0.29) is 0 Å². The Morgan fingerprint density at radius 3 is 2.88 bits per heavy atom. The Morgan fingerprint density at radius 1 is 1.50 bits per heavy atom. The van der Waals surface area contributed by atoms with Crippen LogP contribution in [-0.2, 0) is 0 Å². The van der Waals surface area contributed by atoms with Gasteiger partial charge in [-0.3, -0.25) is 0 Å². The number of pyridine rings is 1. The van der Waals surface area contributed by atoms with Gasteiger partial charge in [0.1, 0.15) is 5.82 Å². The van der Waals surface area contributed by atoms with E-state index in [2.05, 4.69) is 16.8 Å². The molecule has 88 valence electrons. The molecule has 0 aromatic carbocycles. The zero-order valence-electron chi connectivity index (χ0n) is 10.1. The van der Waals surface area contributed by atoms with Gasteiger partial charge in [-0.15, -0.1) is 0 Å². The highest BCUT2D eigenvalue weighted by Crippen LogP contribution is 2.22. The van der Waals surface area contributed by atoms with Gasteiger partial charge in [0.25, 0.3) is 0 Å². The van der Waals surface area contributed by atoms with Gasteiger partial charge in [-0.2, -0.15) is 0 Å². The lowest BCUT2D eigenvalue weighted by Gasteiger charge is -2.31. The molecule has 1 fully saturated rings. The number of anilines is 1. The molecule has 1 saturated heterocycles. The van der Waals surface area contributed by atoms with E-state index in [9.17, 15) is 5.11 Å². The molecule has 1 N–H and O–H groups in total. The van der Waals surface area contributed by atoms with Crippen molar-refractivity contribution in [2.75, 3.05) is 18.0 Å². The Kier molecular flexibility index (Phi) is 3.44. The van der Waals surface area contributed by atoms with Crippen LogP contribution in [0.4, 0.5) is 5.82 Å². The number of piperidine rings is 1. The molecule has 2 rings (SSSR count). The Hall–Kier alpha value is -1.09. The summed E-state index contributed by atoms with van der Waals surface area (Å²) in [5.41, 5.74) is 0.883. The van der Waals surface area contributed by atoms with Gasteiger partial charge in [-0.1, -0.05) is 13.0 Å². The van der Waals surface area contributed by atoms with E-state index in [0.717, 1.165) is 30.4 Å². The first kappa shape index (κ1) is 11.4. The van der Waals surface area contributed by atoms with Crippen molar-refractivity contribution < 1.29 is 5.11 Å². The molecule has 0 amide bonds. The van der Waals surface area contributed by atoms with Crippen molar-refractivity contribution in [3.63, 3.8) is 0 Å². The predicted molar refractivity (Wildman–Crippen MR) is 65.5 cm³/mol. The highest BCUT2D eigenvalue weighted by molar-refractivity contribution is 5.40. The molecule has 16 heavy (non-hydrogen) atoms. The molecule has 3 nitrogen and oxygen atoms in total. The maximum Gasteiger partial charge on any atom is 0.128 e. The summed E-state index contributed by atoms with van der Waals surface area (Å²) in [4.78, 5) is 6.76. The fourth-order valence-electron chi connectivity index (χ4n) is 2.23. The number of rotatable bonds is 2. The summed E-state index contributed by atoms with van der Waals surface area (Å²) >= 11 is 0. The SMILES string of the molecule is C[C@H]1CCCN(c2ccc([C@H](C)O)cn2)C1. The topological polar surface area (TPSA) is 36.4 Å². The molecule has 1 aromatic heterocycles. The molecule has 2 atom stereocenters. The lowest BCUT2D eigenvalue weighted by atomic mass is 10.0. The summed E-state index contributed by atoms with van der Waals surface area (Å²) < 4.78 is 0. The predicted octanol–water partition coefficient (Wildman–Crippen LogP) is 2.37. The average molecular weight is 220 g/mol. The number of nitrogens with zero attached hydrogens (tertiary/aromatic N) is 2. The Morgan fingerprint density at radius 2 is 2.31 bits per heavy atom. The van der Waals surface area contributed by atoms with Crippen LogP contribution in [0.15, 0.2) is 18.3 Å². The van der Waals surface area contributed by atoms with Crippen molar-refractivity contribution in [3.8, 4) is 0 Å². The van der Waals surface area contributed by atoms with Crippen LogP contribution in [0.25, 0.3) is 0 Å². The zero-order chi connectivity index (χ0) is 11.5. The highest BCUT2D eigenvalue weighted by atomic mass is 16.3. The van der Waals surface area contributed by atoms with Gasteiger partial charge in [0.05, 0.1) is 6.10 Å². The molecule has 0 aliphatic carbocycles. The van der Waals surface area contributed by atoms with E-state index in [1.54, 1.807) is 13.1 Å². The van der Waals surface area contributed by atoms with Crippen LogP contribution in [0, 0.1) is 5.92 Å². The lowest BCUT2D eigenvalue weighted by Crippen LogP contribution is -2.34. The Labute approximate surface area is 97.1 Å². The van der Waals surface area contributed by atoms with Gasteiger partial charge in [0, 0.05) is 19.3 Å². The van der Waals surface area contributed by atoms with E-state index in [4.69, 9.17) is 0 Å². The lowest BCUT2D eigenvalue weighted by molar-refractivity contribution is 0.199. The van der Waals surface area contributed by atoms with E-state index in [0.29, 0.717) is 0 Å². The van der Waals surface area contributed by atoms with E-state index in [1.165, 1.54) is 12.8 Å². The van der Waals surface area contributed by atoms with Crippen LogP contribution < -0.4 is 4.90 Å². The molecule has 0 radical (unpaired) electrons. The standard InChI is InChI=1S/C13H20N2O/c1-10-4-3-7-15(9-10)13-6-5-12(8-14-13)11(2)16/h5-6,8,10-11,16H,3-4,7,9H2,1-2H3/t10-,11-/m0/s1. The van der Waals surface area contributed by atoms with E-state index < -0.39 is 6.10 Å². The summed E-state index contributed by atoms with van der Waals surface area (Å²) in [5.74, 6) is 1.79. The second-order valence-corrected chi connectivity index (χ2v) is 4.82. The van der Waals surface area contributed by atoms with Gasteiger partial charge >= 0.3 is 0 Å². The molecule has 0 saturated carbocycles. The van der Waals surface area contributed by atoms with Gasteiger partial charge < -0.3 is 10.0 Å². The van der Waals surface area contributed by atoms with Crippen LogP contribution in [0.5, 0.6) is 0 Å². The third-order valence-corrected chi connectivity index (χ3v) is 3.23. The van der Waals surface area contributed by atoms with Gasteiger partial charge in [0.2, 0.25) is 0 Å². The van der Waals surface area contributed by atoms with Crippen molar-refractivity contribution >= 4 is 5.82 Å². The fraction of sp³-hybridized carbons (Fsp3) is 0.615. The molecule has 2 heterocycles. The van der Waals surface area contributed by atoms with Crippen molar-refractivity contribution in [2.45, 2.75) is 32.8 Å². The van der Waals surface area contributed by atoms with Gasteiger partial charge in [-0.05, 0) is 37.3 Å². The molecule has 1 aliphatic heterocycles. The van der Waals surface area contributed by atoms with Crippen molar-refractivity contribution in [1.29, 1.82) is 0 Å². The second-order valence-electron chi connectivity index (χ2n) is 4.82. The third kappa shape index (κ3) is 2.53. The minimum atomic E-state index is -0.429. The molecule has 0 bridgehead atoms. The number of aromatic nitrogens is 1. The van der Waals surface area contributed by atoms with Gasteiger partial charge in [-0.25, -0.2) is 4.98 Å². The number of hydrogen-bond acceptors (Lipinski definition) is 3. The minimum absolute atomic E-state index is 0.429. The van der Waals surface area contributed by atoms with Crippen molar-refractivity contribution in [1.82, 2.24) is 4.98 Å². The quantitative estimate of drug-likeness (QED) is 0.831. The second kappa shape index (κ2) is 4.83. The van der Waals surface area contributed by atoms with Crippen LogP contribution in [0.3, 0.4) is 0 Å². The largest absolute Gasteiger partial charge is 0.389 e. The molecular weight excluding hydrogens is 200 g/mol. The molecule has 3 heteroatoms. The molecule has 1 aromatic rings. The molecule has 0 unspecified atom stereocenters. The molecular formula is C13H20N2O. The summed E-state index contributed by atoms with van der Waals surface area (Å²) in [6.07, 6.45) is 3.92. The molecule has 0 spiro atoms. The third-order valence-electron chi connectivity index (χ3n) is 3.23. The van der Waals surface area contributed by atoms with Crippen LogP contribution in [0.2, 0.25) is 0 Å². The first-order chi connectivity index (χ1) is 7.66. The first-order valence-electron chi connectivity index (χ1n) is 6.06. The van der Waals surface area contributed by atoms with E-state index >= 15 is 0 Å². The van der Waals surface area contributed by atoms with Crippen molar-refractivity contribution in [3.05, 3.63) is 23.9 Å². The first-order valence-corrected chi connectivity index (χ1v) is 6.06. The maximum atomic E-state index is 9.41. The van der Waals surface area contributed by atoms with Gasteiger partial charge in [0.15, 0.2) is 0 Å². The van der Waals surface area contributed by atoms with Crippen molar-refractivity contribution in [2.24, 2.45) is 5.92 Å². The normalized spacial score (nSPS) is 23.2. The summed E-state index contributed by atoms with van der Waals surface area (Å²) in [6, 6.07) is 3.98. The number of hydrogen-bond donors (Lipinski definition) is 1. The molecule has 1 aliphatic rings. The summed E-state index contributed by atoms with van der Waals surface area (Å²) in [7, 11) is 0. The Bertz CT molecular complexity index is 334. The van der Waals surface area contributed by atoms with Crippen LogP contribution >= 0.6 is 0 Å². The summed E-state index contributed by atoms with van der Waals surface area (Å²) in [6.45, 7) is 6.25. The van der Waals surface area contributed by atoms with Crippen LogP contribution in [0.1, 0.15) is 38.4 Å². The minimum Gasteiger partial charge on any atom is -0.389 e. The summed E-state index contributed by atoms with van der Waals surface area (Å²) in [5, 5.41) is 9.41. The average Bonchev–Trinajstić information content (AvgIpc) is 2.29. The maximum absolute atomic E-state index is 9.41. The van der Waals surface area contributed by atoms with E-state index in [1.807, 2.05) is 12.1 Å². The Balaban J connectivity index is 2.09. The number of aliphatic hydroxyl groups excluding tert-OH is 1. The fourth-order valence-corrected chi connectivity index (χ4v) is 2.23. The number of aliphatic hydroxyl groups is 1. The highest BCUT2D eigenvalue weighted by Gasteiger charge is 2.17.